The summed E-state index contributed by atoms with van der Waals surface area (Å²) < 4.78 is 5.35. The highest BCUT2D eigenvalue weighted by Gasteiger charge is 2.18. The zero-order valence-corrected chi connectivity index (χ0v) is 11.9. The van der Waals surface area contributed by atoms with Crippen molar-refractivity contribution in [3.63, 3.8) is 0 Å². The average molecular weight is 298 g/mol. The SMILES string of the molecule is ClCc1nnc(Nc2ccc3c(c2)Cc2ccccc2-3)o1. The highest BCUT2D eigenvalue weighted by molar-refractivity contribution is 6.16. The first-order chi connectivity index (χ1) is 10.3. The topological polar surface area (TPSA) is 51.0 Å². The highest BCUT2D eigenvalue weighted by Crippen LogP contribution is 2.37. The first-order valence-corrected chi connectivity index (χ1v) is 7.23. The van der Waals surface area contributed by atoms with Crippen LogP contribution in [0.4, 0.5) is 11.7 Å². The van der Waals surface area contributed by atoms with Gasteiger partial charge >= 0.3 is 6.01 Å². The highest BCUT2D eigenvalue weighted by atomic mass is 35.5. The molecule has 0 saturated carbocycles. The summed E-state index contributed by atoms with van der Waals surface area (Å²) in [5, 5.41) is 10.8. The van der Waals surface area contributed by atoms with Crippen molar-refractivity contribution in [3.05, 3.63) is 59.5 Å². The normalized spacial score (nSPS) is 12.0. The molecule has 1 aliphatic rings. The van der Waals surface area contributed by atoms with Crippen LogP contribution in [0, 0.1) is 0 Å². The summed E-state index contributed by atoms with van der Waals surface area (Å²) in [5.41, 5.74) is 6.22. The molecule has 1 aliphatic carbocycles. The number of nitrogens with one attached hydrogen (secondary N) is 1. The van der Waals surface area contributed by atoms with E-state index < -0.39 is 0 Å². The first-order valence-electron chi connectivity index (χ1n) is 6.70. The molecule has 0 bridgehead atoms. The van der Waals surface area contributed by atoms with Crippen LogP contribution < -0.4 is 5.32 Å². The molecule has 0 saturated heterocycles. The predicted octanol–water partition coefficient (Wildman–Crippen LogP) is 4.12. The van der Waals surface area contributed by atoms with E-state index in [-0.39, 0.29) is 5.88 Å². The number of aromatic nitrogens is 2. The van der Waals surface area contributed by atoms with Gasteiger partial charge in [-0.25, -0.2) is 0 Å². The summed E-state index contributed by atoms with van der Waals surface area (Å²) in [5.74, 6) is 0.626. The van der Waals surface area contributed by atoms with E-state index in [9.17, 15) is 0 Å². The Morgan fingerprint density at radius 2 is 1.90 bits per heavy atom. The minimum atomic E-state index is 0.216. The number of benzene rings is 2. The Morgan fingerprint density at radius 3 is 2.76 bits per heavy atom. The van der Waals surface area contributed by atoms with Crippen molar-refractivity contribution in [1.29, 1.82) is 0 Å². The van der Waals surface area contributed by atoms with Gasteiger partial charge in [0.05, 0.1) is 0 Å². The van der Waals surface area contributed by atoms with Gasteiger partial charge in [-0.3, -0.25) is 0 Å². The molecule has 1 heterocycles. The lowest BCUT2D eigenvalue weighted by atomic mass is 10.1. The van der Waals surface area contributed by atoms with Crippen molar-refractivity contribution in [2.75, 3.05) is 5.32 Å². The van der Waals surface area contributed by atoms with Gasteiger partial charge in [-0.15, -0.1) is 16.7 Å². The lowest BCUT2D eigenvalue weighted by Gasteiger charge is -2.05. The van der Waals surface area contributed by atoms with Crippen molar-refractivity contribution < 1.29 is 4.42 Å². The van der Waals surface area contributed by atoms with E-state index in [2.05, 4.69) is 51.9 Å². The summed E-state index contributed by atoms with van der Waals surface area (Å²) in [4.78, 5) is 0. The fourth-order valence-corrected chi connectivity index (χ4v) is 2.81. The van der Waals surface area contributed by atoms with Crippen LogP contribution in [0.1, 0.15) is 17.0 Å². The second-order valence-electron chi connectivity index (χ2n) is 4.97. The largest absolute Gasteiger partial charge is 0.407 e. The Hall–Kier alpha value is -2.33. The molecule has 4 nitrogen and oxygen atoms in total. The number of halogens is 1. The van der Waals surface area contributed by atoms with Crippen LogP contribution in [0.3, 0.4) is 0 Å². The maximum Gasteiger partial charge on any atom is 0.320 e. The van der Waals surface area contributed by atoms with Crippen molar-refractivity contribution in [1.82, 2.24) is 10.2 Å². The fourth-order valence-electron chi connectivity index (χ4n) is 2.70. The van der Waals surface area contributed by atoms with Gasteiger partial charge in [0.15, 0.2) is 0 Å². The molecule has 2 aromatic carbocycles. The van der Waals surface area contributed by atoms with Gasteiger partial charge in [0, 0.05) is 5.69 Å². The molecule has 0 spiro atoms. The van der Waals surface area contributed by atoms with Crippen molar-refractivity contribution in [2.24, 2.45) is 0 Å². The Balaban J connectivity index is 1.64. The molecule has 0 fully saturated rings. The van der Waals surface area contributed by atoms with E-state index in [1.54, 1.807) is 0 Å². The third-order valence-electron chi connectivity index (χ3n) is 3.63. The van der Waals surface area contributed by atoms with Gasteiger partial charge in [-0.2, -0.15) is 0 Å². The number of anilines is 2. The number of hydrogen-bond acceptors (Lipinski definition) is 4. The molecule has 0 radical (unpaired) electrons. The zero-order chi connectivity index (χ0) is 14.2. The molecular weight excluding hydrogens is 286 g/mol. The Labute approximate surface area is 126 Å². The Bertz CT molecular complexity index is 813. The smallest absolute Gasteiger partial charge is 0.320 e. The summed E-state index contributed by atoms with van der Waals surface area (Å²) in [6, 6.07) is 15.1. The fraction of sp³-hybridized carbons (Fsp3) is 0.125. The average Bonchev–Trinajstić information content (AvgIpc) is 3.10. The second kappa shape index (κ2) is 4.90. The predicted molar refractivity (Wildman–Crippen MR) is 81.8 cm³/mol. The molecule has 1 N–H and O–H groups in total. The van der Waals surface area contributed by atoms with E-state index in [4.69, 9.17) is 16.0 Å². The molecule has 0 amide bonds. The van der Waals surface area contributed by atoms with Gasteiger partial charge in [0.2, 0.25) is 5.89 Å². The Morgan fingerprint density at radius 1 is 1.05 bits per heavy atom. The minimum absolute atomic E-state index is 0.216. The standard InChI is InChI=1S/C16H12ClN3O/c17-9-15-19-20-16(21-15)18-12-5-6-14-11(8-12)7-10-3-1-2-4-13(10)14/h1-6,8H,7,9H2,(H,18,20). The lowest BCUT2D eigenvalue weighted by molar-refractivity contribution is 0.530. The molecule has 0 atom stereocenters. The number of alkyl halides is 1. The van der Waals surface area contributed by atoms with Gasteiger partial charge in [-0.05, 0) is 40.8 Å². The molecule has 21 heavy (non-hydrogen) atoms. The van der Waals surface area contributed by atoms with Crippen molar-refractivity contribution in [2.45, 2.75) is 12.3 Å². The van der Waals surface area contributed by atoms with Crippen molar-refractivity contribution in [3.8, 4) is 11.1 Å². The maximum absolute atomic E-state index is 5.65. The molecule has 3 aromatic rings. The van der Waals surface area contributed by atoms with Gasteiger partial charge in [0.1, 0.15) is 5.88 Å². The lowest BCUT2D eigenvalue weighted by Crippen LogP contribution is -1.92. The van der Waals surface area contributed by atoms with Crippen molar-refractivity contribution >= 4 is 23.3 Å². The van der Waals surface area contributed by atoms with E-state index >= 15 is 0 Å². The molecule has 1 aromatic heterocycles. The first kappa shape index (κ1) is 12.4. The number of hydrogen-bond donors (Lipinski definition) is 1. The van der Waals surface area contributed by atoms with Crippen LogP contribution >= 0.6 is 11.6 Å². The van der Waals surface area contributed by atoms with E-state index in [1.807, 2.05) is 6.07 Å². The second-order valence-corrected chi connectivity index (χ2v) is 5.23. The molecule has 0 unspecified atom stereocenters. The van der Waals surface area contributed by atoms with Gasteiger partial charge < -0.3 is 9.73 Å². The molecule has 5 heteroatoms. The van der Waals surface area contributed by atoms with Crippen LogP contribution in [-0.2, 0) is 12.3 Å². The summed E-state index contributed by atoms with van der Waals surface area (Å²) in [7, 11) is 0. The number of nitrogens with zero attached hydrogens (tertiary/aromatic N) is 2. The van der Waals surface area contributed by atoms with Crippen LogP contribution in [-0.4, -0.2) is 10.2 Å². The van der Waals surface area contributed by atoms with Crippen LogP contribution in [0.25, 0.3) is 11.1 Å². The van der Waals surface area contributed by atoms with E-state index in [1.165, 1.54) is 22.3 Å². The summed E-state index contributed by atoms with van der Waals surface area (Å²) in [6.07, 6.45) is 0.956. The number of rotatable bonds is 3. The monoisotopic (exact) mass is 297 g/mol. The molecule has 4 rings (SSSR count). The zero-order valence-electron chi connectivity index (χ0n) is 11.1. The Kier molecular flexibility index (Phi) is 2.89. The third kappa shape index (κ3) is 2.17. The van der Waals surface area contributed by atoms with Crippen LogP contribution in [0.5, 0.6) is 0 Å². The quantitative estimate of drug-likeness (QED) is 0.578. The van der Waals surface area contributed by atoms with Gasteiger partial charge in [-0.1, -0.05) is 35.4 Å². The third-order valence-corrected chi connectivity index (χ3v) is 3.85. The van der Waals surface area contributed by atoms with Crippen LogP contribution in [0.15, 0.2) is 46.9 Å². The van der Waals surface area contributed by atoms with E-state index in [0.717, 1.165) is 12.1 Å². The number of fused-ring (bicyclic) bond motifs is 3. The molecule has 0 aliphatic heterocycles. The van der Waals surface area contributed by atoms with Gasteiger partial charge in [0.25, 0.3) is 0 Å². The molecule has 104 valence electrons. The summed E-state index contributed by atoms with van der Waals surface area (Å²) >= 11 is 5.65. The summed E-state index contributed by atoms with van der Waals surface area (Å²) in [6.45, 7) is 0. The van der Waals surface area contributed by atoms with Crippen LogP contribution in [0.2, 0.25) is 0 Å². The molecular formula is C16H12ClN3O. The van der Waals surface area contributed by atoms with E-state index in [0.29, 0.717) is 11.9 Å². The maximum atomic E-state index is 5.65. The minimum Gasteiger partial charge on any atom is -0.407 e.